The fraction of sp³-hybridized carbons (Fsp3) is 0.179. The highest BCUT2D eigenvalue weighted by atomic mass is 16.5. The number of nitrogens with zero attached hydrogens (tertiary/aromatic N) is 8. The molecule has 1 amide bonds. The maximum atomic E-state index is 12.1. The van der Waals surface area contributed by atoms with E-state index < -0.39 is 0 Å². The summed E-state index contributed by atoms with van der Waals surface area (Å²) in [5.74, 6) is 8.29. The van der Waals surface area contributed by atoms with Gasteiger partial charge in [-0.3, -0.25) is 4.79 Å². The second kappa shape index (κ2) is 10.2. The van der Waals surface area contributed by atoms with E-state index in [1.165, 1.54) is 18.7 Å². The van der Waals surface area contributed by atoms with Crippen LogP contribution >= 0.6 is 0 Å². The van der Waals surface area contributed by atoms with Gasteiger partial charge in [-0.25, -0.2) is 29.4 Å². The molecule has 11 nitrogen and oxygen atoms in total. The number of pyridine rings is 1. The second-order valence-corrected chi connectivity index (χ2v) is 8.95. The second-order valence-electron chi connectivity index (χ2n) is 8.95. The third-order valence-electron chi connectivity index (χ3n) is 6.36. The summed E-state index contributed by atoms with van der Waals surface area (Å²) in [4.78, 5) is 35.6. The van der Waals surface area contributed by atoms with Crippen molar-refractivity contribution in [1.82, 2.24) is 39.4 Å². The van der Waals surface area contributed by atoms with Crippen LogP contribution in [-0.2, 0) is 4.79 Å². The minimum Gasteiger partial charge on any atom is -0.457 e. The molecule has 1 aliphatic rings. The number of carbonyl (C=O) groups excluding carboxylic acids is 1. The van der Waals surface area contributed by atoms with Crippen molar-refractivity contribution in [2.45, 2.75) is 25.8 Å². The normalized spacial score (nSPS) is 14.7. The van der Waals surface area contributed by atoms with E-state index in [2.05, 4.69) is 53.8 Å². The van der Waals surface area contributed by atoms with Gasteiger partial charge in [-0.2, -0.15) is 5.10 Å². The Morgan fingerprint density at radius 1 is 1.18 bits per heavy atom. The van der Waals surface area contributed by atoms with Gasteiger partial charge in [0.2, 0.25) is 11.7 Å². The van der Waals surface area contributed by atoms with Crippen LogP contribution in [0.3, 0.4) is 0 Å². The van der Waals surface area contributed by atoms with E-state index in [0.717, 1.165) is 24.1 Å². The number of likely N-dealkylation sites (tertiary alicyclic amines) is 1. The third-order valence-corrected chi connectivity index (χ3v) is 6.36. The van der Waals surface area contributed by atoms with Crippen molar-refractivity contribution in [2.24, 2.45) is 0 Å². The summed E-state index contributed by atoms with van der Waals surface area (Å²) in [6.07, 6.45) is 9.41. The number of benzene rings is 1. The van der Waals surface area contributed by atoms with Gasteiger partial charge in [-0.15, -0.1) is 0 Å². The van der Waals surface area contributed by atoms with Gasteiger partial charge in [-0.05, 0) is 61.6 Å². The number of aryl methyl sites for hydroxylation is 1. The molecular weight excluding hydrogens is 494 g/mol. The van der Waals surface area contributed by atoms with Gasteiger partial charge in [0, 0.05) is 24.5 Å². The minimum atomic E-state index is -0.179. The lowest BCUT2D eigenvalue weighted by Gasteiger charge is -2.18. The Morgan fingerprint density at radius 2 is 2.10 bits per heavy atom. The number of carbonyl (C=O) groups is 1. The van der Waals surface area contributed by atoms with Crippen LogP contribution in [0.25, 0.3) is 16.7 Å². The van der Waals surface area contributed by atoms with Gasteiger partial charge in [0.15, 0.2) is 11.5 Å². The van der Waals surface area contributed by atoms with Gasteiger partial charge in [0.25, 0.3) is 0 Å². The molecule has 39 heavy (non-hydrogen) atoms. The van der Waals surface area contributed by atoms with Crippen molar-refractivity contribution in [3.8, 4) is 23.3 Å². The highest BCUT2D eigenvalue weighted by molar-refractivity contribution is 5.88. The molecule has 4 aromatic heterocycles. The molecule has 6 rings (SSSR count). The van der Waals surface area contributed by atoms with Crippen molar-refractivity contribution in [3.05, 3.63) is 79.4 Å². The standard InChI is InChI=1S/C28H23N9O2/c1-3-26(38)36-11-4-5-20(36)7-9-24-29-15-22-27(35-24)28(32-16-30-22)34-19-6-8-23(18(2)13-19)39-21-10-12-37-25(14-21)31-17-33-37/h3,6,8,10,12-17,20H,1,4-5,11H2,2H3,(H,30,32,34)/t20-/m1/s1. The Balaban J connectivity index is 1.23. The SMILES string of the molecule is C=CC(=O)N1CCC[C@@H]1C#Cc1ncc2ncnc(Nc3ccc(Oc4ccn5ncnc5c4)c(C)c3)c2n1. The monoisotopic (exact) mass is 517 g/mol. The topological polar surface area (TPSA) is 123 Å². The predicted molar refractivity (Wildman–Crippen MR) is 144 cm³/mol. The number of hydrogen-bond acceptors (Lipinski definition) is 9. The fourth-order valence-corrected chi connectivity index (χ4v) is 4.42. The zero-order chi connectivity index (χ0) is 26.8. The zero-order valence-corrected chi connectivity index (χ0v) is 21.1. The highest BCUT2D eigenvalue weighted by Gasteiger charge is 2.25. The molecule has 1 atom stereocenters. The molecule has 1 aliphatic heterocycles. The fourth-order valence-electron chi connectivity index (χ4n) is 4.42. The summed E-state index contributed by atoms with van der Waals surface area (Å²) in [6, 6.07) is 9.24. The Hall–Kier alpha value is -5.37. The van der Waals surface area contributed by atoms with Crippen molar-refractivity contribution < 1.29 is 9.53 Å². The van der Waals surface area contributed by atoms with E-state index in [-0.39, 0.29) is 11.9 Å². The van der Waals surface area contributed by atoms with Crippen LogP contribution in [0.4, 0.5) is 11.5 Å². The molecule has 0 bridgehead atoms. The quantitative estimate of drug-likeness (QED) is 0.274. The largest absolute Gasteiger partial charge is 0.457 e. The number of aromatic nitrogens is 7. The number of fused-ring (bicyclic) bond motifs is 2. The first-order valence-corrected chi connectivity index (χ1v) is 12.3. The molecule has 1 fully saturated rings. The highest BCUT2D eigenvalue weighted by Crippen LogP contribution is 2.29. The molecule has 5 heterocycles. The van der Waals surface area contributed by atoms with E-state index in [0.29, 0.717) is 46.4 Å². The molecule has 192 valence electrons. The van der Waals surface area contributed by atoms with Crippen LogP contribution in [0.1, 0.15) is 24.2 Å². The first-order chi connectivity index (χ1) is 19.1. The van der Waals surface area contributed by atoms with Gasteiger partial charge < -0.3 is 15.0 Å². The predicted octanol–water partition coefficient (Wildman–Crippen LogP) is 3.84. The molecule has 1 N–H and O–H groups in total. The van der Waals surface area contributed by atoms with E-state index >= 15 is 0 Å². The third kappa shape index (κ3) is 4.95. The summed E-state index contributed by atoms with van der Waals surface area (Å²) in [5.41, 5.74) is 3.57. The van der Waals surface area contributed by atoms with E-state index in [1.807, 2.05) is 37.3 Å². The van der Waals surface area contributed by atoms with Gasteiger partial charge in [0.1, 0.15) is 35.2 Å². The van der Waals surface area contributed by atoms with E-state index in [1.54, 1.807) is 21.8 Å². The van der Waals surface area contributed by atoms with E-state index in [9.17, 15) is 4.79 Å². The molecule has 11 heteroatoms. The lowest BCUT2D eigenvalue weighted by Crippen LogP contribution is -2.33. The molecule has 5 aromatic rings. The van der Waals surface area contributed by atoms with Crippen molar-refractivity contribution >= 4 is 34.1 Å². The average Bonchev–Trinajstić information content (AvgIpc) is 3.62. The van der Waals surface area contributed by atoms with Crippen LogP contribution < -0.4 is 10.1 Å². The summed E-state index contributed by atoms with van der Waals surface area (Å²) in [6.45, 7) is 6.21. The molecule has 1 saturated heterocycles. The molecule has 0 saturated carbocycles. The first-order valence-electron chi connectivity index (χ1n) is 12.3. The molecular formula is C28H23N9O2. The molecule has 0 aliphatic carbocycles. The maximum absolute atomic E-state index is 12.1. The number of ether oxygens (including phenoxy) is 1. The zero-order valence-electron chi connectivity index (χ0n) is 21.1. The molecule has 0 radical (unpaired) electrons. The first kappa shape index (κ1) is 24.0. The van der Waals surface area contributed by atoms with Crippen molar-refractivity contribution in [2.75, 3.05) is 11.9 Å². The van der Waals surface area contributed by atoms with Crippen LogP contribution in [0, 0.1) is 18.8 Å². The van der Waals surface area contributed by atoms with Crippen LogP contribution in [-0.4, -0.2) is 57.9 Å². The smallest absolute Gasteiger partial charge is 0.246 e. The minimum absolute atomic E-state index is 0.116. The Labute approximate surface area is 223 Å². The van der Waals surface area contributed by atoms with Crippen LogP contribution in [0.15, 0.2) is 68.0 Å². The Bertz CT molecular complexity index is 1790. The molecule has 0 spiro atoms. The molecule has 1 aromatic carbocycles. The average molecular weight is 518 g/mol. The number of rotatable bonds is 5. The van der Waals surface area contributed by atoms with Crippen LogP contribution in [0.2, 0.25) is 0 Å². The van der Waals surface area contributed by atoms with E-state index in [4.69, 9.17) is 4.74 Å². The number of anilines is 2. The van der Waals surface area contributed by atoms with Gasteiger partial charge in [0.05, 0.1) is 12.2 Å². The summed E-state index contributed by atoms with van der Waals surface area (Å²) in [7, 11) is 0. The maximum Gasteiger partial charge on any atom is 0.246 e. The Morgan fingerprint density at radius 3 is 2.97 bits per heavy atom. The number of amides is 1. The number of hydrogen-bond donors (Lipinski definition) is 1. The van der Waals surface area contributed by atoms with Crippen molar-refractivity contribution in [1.29, 1.82) is 0 Å². The van der Waals surface area contributed by atoms with Crippen LogP contribution in [0.5, 0.6) is 11.5 Å². The lowest BCUT2D eigenvalue weighted by molar-refractivity contribution is -0.125. The summed E-state index contributed by atoms with van der Waals surface area (Å²) >= 11 is 0. The van der Waals surface area contributed by atoms with Gasteiger partial charge in [-0.1, -0.05) is 12.5 Å². The number of nitrogens with one attached hydrogen (secondary N) is 1. The lowest BCUT2D eigenvalue weighted by atomic mass is 10.2. The van der Waals surface area contributed by atoms with Gasteiger partial charge >= 0.3 is 0 Å². The Kier molecular flexibility index (Phi) is 6.26. The summed E-state index contributed by atoms with van der Waals surface area (Å²) in [5, 5.41) is 7.42. The summed E-state index contributed by atoms with van der Waals surface area (Å²) < 4.78 is 7.75. The molecule has 0 unspecified atom stereocenters. The van der Waals surface area contributed by atoms with Crippen molar-refractivity contribution in [3.63, 3.8) is 0 Å².